The van der Waals surface area contributed by atoms with Gasteiger partial charge in [0.1, 0.15) is 5.75 Å². The Kier molecular flexibility index (Phi) is 3.61. The highest BCUT2D eigenvalue weighted by Crippen LogP contribution is 2.31. The number of pyridine rings is 1. The van der Waals surface area contributed by atoms with Crippen molar-refractivity contribution in [2.45, 2.75) is 13.0 Å². The summed E-state index contributed by atoms with van der Waals surface area (Å²) in [4.78, 5) is 0. The van der Waals surface area contributed by atoms with Crippen LogP contribution in [-0.4, -0.2) is 14.6 Å². The van der Waals surface area contributed by atoms with Crippen molar-refractivity contribution in [3.05, 3.63) is 52.4 Å². The van der Waals surface area contributed by atoms with Gasteiger partial charge in [-0.05, 0) is 37.3 Å². The van der Waals surface area contributed by atoms with E-state index in [1.807, 2.05) is 6.92 Å². The average Bonchev–Trinajstić information content (AvgIpc) is 2.85. The highest BCUT2D eigenvalue weighted by Gasteiger charge is 2.16. The number of hydrogen-bond acceptors (Lipinski definition) is 4. The first-order chi connectivity index (χ1) is 10.0. The molecule has 0 saturated heterocycles. The van der Waals surface area contributed by atoms with Crippen molar-refractivity contribution in [2.24, 2.45) is 0 Å². The molecule has 0 aliphatic rings. The Bertz CT molecular complexity index is 803. The molecular formula is C14H12Cl2N4O. The van der Waals surface area contributed by atoms with Crippen LogP contribution in [0, 0.1) is 0 Å². The lowest BCUT2D eigenvalue weighted by atomic mass is 10.3. The van der Waals surface area contributed by atoms with Crippen molar-refractivity contribution in [1.82, 2.24) is 14.6 Å². The van der Waals surface area contributed by atoms with Gasteiger partial charge in [0.15, 0.2) is 17.6 Å². The summed E-state index contributed by atoms with van der Waals surface area (Å²) < 4.78 is 7.63. The summed E-state index contributed by atoms with van der Waals surface area (Å²) in [5.74, 6) is 1.18. The standard InChI is InChI=1S/C14H12Cl2N4O/c1-8(21-12-4-2-9(15)6-11(12)16)14-19-18-13-5-3-10(17)7-20(13)14/h2-8H,17H2,1H3. The quantitative estimate of drug-likeness (QED) is 0.797. The van der Waals surface area contributed by atoms with Crippen LogP contribution < -0.4 is 10.5 Å². The second kappa shape index (κ2) is 5.42. The first-order valence-corrected chi connectivity index (χ1v) is 7.02. The molecule has 21 heavy (non-hydrogen) atoms. The first-order valence-electron chi connectivity index (χ1n) is 6.26. The molecule has 0 saturated carbocycles. The number of nitrogens with two attached hydrogens (primary N) is 1. The minimum atomic E-state index is -0.347. The molecule has 0 aliphatic heterocycles. The van der Waals surface area contributed by atoms with Gasteiger partial charge in [0.05, 0.1) is 5.02 Å². The number of nitrogens with zero attached hydrogens (tertiary/aromatic N) is 3. The number of halogens is 2. The Labute approximate surface area is 131 Å². The molecule has 5 nitrogen and oxygen atoms in total. The SMILES string of the molecule is CC(Oc1ccc(Cl)cc1Cl)c1nnc2ccc(N)cn12. The zero-order valence-corrected chi connectivity index (χ0v) is 12.6. The maximum Gasteiger partial charge on any atom is 0.178 e. The monoisotopic (exact) mass is 322 g/mol. The molecule has 3 aromatic rings. The van der Waals surface area contributed by atoms with Gasteiger partial charge < -0.3 is 10.5 Å². The van der Waals surface area contributed by atoms with Crippen molar-refractivity contribution >= 4 is 34.5 Å². The topological polar surface area (TPSA) is 65.4 Å². The summed E-state index contributed by atoms with van der Waals surface area (Å²) in [5.41, 5.74) is 7.12. The van der Waals surface area contributed by atoms with Crippen molar-refractivity contribution in [3.63, 3.8) is 0 Å². The summed E-state index contributed by atoms with van der Waals surface area (Å²) in [6.07, 6.45) is 1.41. The Morgan fingerprint density at radius 1 is 1.19 bits per heavy atom. The maximum atomic E-state index is 6.11. The smallest absolute Gasteiger partial charge is 0.178 e. The van der Waals surface area contributed by atoms with Crippen LogP contribution in [0.15, 0.2) is 36.5 Å². The summed E-state index contributed by atoms with van der Waals surface area (Å²) >= 11 is 12.0. The molecular weight excluding hydrogens is 311 g/mol. The fraction of sp³-hybridized carbons (Fsp3) is 0.143. The molecule has 108 valence electrons. The van der Waals surface area contributed by atoms with E-state index in [1.54, 1.807) is 40.9 Å². The van der Waals surface area contributed by atoms with Gasteiger partial charge in [-0.15, -0.1) is 10.2 Å². The third-order valence-corrected chi connectivity index (χ3v) is 3.54. The summed E-state index contributed by atoms with van der Waals surface area (Å²) in [6.45, 7) is 1.87. The van der Waals surface area contributed by atoms with E-state index < -0.39 is 0 Å². The molecule has 0 amide bonds. The summed E-state index contributed by atoms with van der Waals surface area (Å²) in [6, 6.07) is 8.64. The van der Waals surface area contributed by atoms with E-state index in [0.29, 0.717) is 33.0 Å². The lowest BCUT2D eigenvalue weighted by Crippen LogP contribution is -2.08. The normalized spacial score (nSPS) is 12.5. The van der Waals surface area contributed by atoms with E-state index in [-0.39, 0.29) is 6.10 Å². The predicted molar refractivity (Wildman–Crippen MR) is 82.9 cm³/mol. The number of rotatable bonds is 3. The lowest BCUT2D eigenvalue weighted by molar-refractivity contribution is 0.215. The van der Waals surface area contributed by atoms with Crippen molar-refractivity contribution in [2.75, 3.05) is 5.73 Å². The molecule has 1 atom stereocenters. The van der Waals surface area contributed by atoms with Gasteiger partial charge in [0.25, 0.3) is 0 Å². The van der Waals surface area contributed by atoms with Crippen molar-refractivity contribution in [3.8, 4) is 5.75 Å². The molecule has 2 aromatic heterocycles. The zero-order valence-electron chi connectivity index (χ0n) is 11.1. The summed E-state index contributed by atoms with van der Waals surface area (Å²) in [5, 5.41) is 9.23. The highest BCUT2D eigenvalue weighted by molar-refractivity contribution is 6.35. The number of aromatic nitrogens is 3. The fourth-order valence-corrected chi connectivity index (χ4v) is 2.47. The third kappa shape index (κ3) is 2.75. The van der Waals surface area contributed by atoms with E-state index >= 15 is 0 Å². The van der Waals surface area contributed by atoms with Crippen molar-refractivity contribution in [1.29, 1.82) is 0 Å². The first kappa shape index (κ1) is 14.0. The highest BCUT2D eigenvalue weighted by atomic mass is 35.5. The Balaban J connectivity index is 1.93. The van der Waals surface area contributed by atoms with Gasteiger partial charge in [-0.2, -0.15) is 0 Å². The van der Waals surface area contributed by atoms with Crippen LogP contribution in [0.4, 0.5) is 5.69 Å². The van der Waals surface area contributed by atoms with Gasteiger partial charge >= 0.3 is 0 Å². The average molecular weight is 323 g/mol. The molecule has 0 radical (unpaired) electrons. The van der Waals surface area contributed by atoms with Crippen LogP contribution in [0.5, 0.6) is 5.75 Å². The minimum Gasteiger partial charge on any atom is -0.481 e. The molecule has 0 spiro atoms. The Hall–Kier alpha value is -1.98. The van der Waals surface area contributed by atoms with Crippen LogP contribution in [0.3, 0.4) is 0 Å². The van der Waals surface area contributed by atoms with Crippen molar-refractivity contribution < 1.29 is 4.74 Å². The Morgan fingerprint density at radius 3 is 2.76 bits per heavy atom. The number of benzene rings is 1. The van der Waals surface area contributed by atoms with Gasteiger partial charge in [0, 0.05) is 16.9 Å². The number of hydrogen-bond donors (Lipinski definition) is 1. The van der Waals surface area contributed by atoms with Crippen LogP contribution in [-0.2, 0) is 0 Å². The van der Waals surface area contributed by atoms with Crippen LogP contribution >= 0.6 is 23.2 Å². The van der Waals surface area contributed by atoms with E-state index in [4.69, 9.17) is 33.7 Å². The number of nitrogen functional groups attached to an aromatic ring is 1. The molecule has 0 fully saturated rings. The summed E-state index contributed by atoms with van der Waals surface area (Å²) in [7, 11) is 0. The fourth-order valence-electron chi connectivity index (χ4n) is 2.02. The molecule has 7 heteroatoms. The van der Waals surface area contributed by atoms with Crippen LogP contribution in [0.25, 0.3) is 5.65 Å². The van der Waals surface area contributed by atoms with Crippen LogP contribution in [0.1, 0.15) is 18.9 Å². The number of fused-ring (bicyclic) bond motifs is 1. The maximum absolute atomic E-state index is 6.11. The van der Waals surface area contributed by atoms with E-state index in [2.05, 4.69) is 10.2 Å². The van der Waals surface area contributed by atoms with E-state index in [0.717, 1.165) is 0 Å². The number of ether oxygens (including phenoxy) is 1. The van der Waals surface area contributed by atoms with Gasteiger partial charge in [-0.25, -0.2) is 0 Å². The largest absolute Gasteiger partial charge is 0.481 e. The zero-order chi connectivity index (χ0) is 15.0. The predicted octanol–water partition coefficient (Wildman–Crippen LogP) is 3.76. The van der Waals surface area contributed by atoms with Gasteiger partial charge in [-0.3, -0.25) is 4.40 Å². The third-order valence-electron chi connectivity index (χ3n) is 3.01. The lowest BCUT2D eigenvalue weighted by Gasteiger charge is -2.14. The minimum absolute atomic E-state index is 0.347. The molecule has 0 bridgehead atoms. The molecule has 1 unspecified atom stereocenters. The number of anilines is 1. The Morgan fingerprint density at radius 2 is 2.00 bits per heavy atom. The second-order valence-corrected chi connectivity index (χ2v) is 5.43. The second-order valence-electron chi connectivity index (χ2n) is 4.58. The van der Waals surface area contributed by atoms with E-state index in [9.17, 15) is 0 Å². The molecule has 0 aliphatic carbocycles. The molecule has 1 aromatic carbocycles. The molecule has 2 N–H and O–H groups in total. The van der Waals surface area contributed by atoms with Gasteiger partial charge in [0.2, 0.25) is 0 Å². The van der Waals surface area contributed by atoms with Gasteiger partial charge in [-0.1, -0.05) is 23.2 Å². The molecule has 3 rings (SSSR count). The molecule has 2 heterocycles. The van der Waals surface area contributed by atoms with E-state index in [1.165, 1.54) is 0 Å². The van der Waals surface area contributed by atoms with Crippen LogP contribution in [0.2, 0.25) is 10.0 Å².